The van der Waals surface area contributed by atoms with Crippen molar-refractivity contribution in [3.63, 3.8) is 0 Å². The first kappa shape index (κ1) is 18.7. The molecule has 2 N–H and O–H groups in total. The van der Waals surface area contributed by atoms with Gasteiger partial charge < -0.3 is 15.2 Å². The average molecular weight is 391 g/mol. The van der Waals surface area contributed by atoms with Crippen LogP contribution in [0.3, 0.4) is 0 Å². The Kier molecular flexibility index (Phi) is 5.26. The zero-order chi connectivity index (χ0) is 20.2. The molecule has 0 aliphatic heterocycles. The summed E-state index contributed by atoms with van der Waals surface area (Å²) in [6.45, 7) is -0.162. The van der Waals surface area contributed by atoms with E-state index in [1.807, 2.05) is 12.1 Å². The van der Waals surface area contributed by atoms with E-state index in [1.165, 1.54) is 18.5 Å². The zero-order valence-electron chi connectivity index (χ0n) is 15.6. The molecule has 0 aliphatic rings. The average Bonchev–Trinajstić information content (AvgIpc) is 2.78. The molecule has 0 unspecified atom stereocenters. The van der Waals surface area contributed by atoms with E-state index in [2.05, 4.69) is 25.3 Å². The number of fused-ring (bicyclic) bond motifs is 1. The molecule has 0 saturated heterocycles. The molecule has 0 saturated carbocycles. The predicted molar refractivity (Wildman–Crippen MR) is 107 cm³/mol. The van der Waals surface area contributed by atoms with Crippen molar-refractivity contribution in [2.75, 3.05) is 19.0 Å². The standard InChI is InChI=1S/C21H18FN5O2/c1-29-19-7-4-14(9-23-19)18(11-28)27-21-17-8-15(10-24-20(17)25-12-26-21)13-2-5-16(22)6-3-13/h2-10,12,18,28H,11H2,1H3,(H,24,25,26,27)/t18-/m1/s1. The Morgan fingerprint density at radius 2 is 1.83 bits per heavy atom. The number of hydrogen-bond donors (Lipinski definition) is 2. The van der Waals surface area contributed by atoms with Gasteiger partial charge in [0.05, 0.1) is 25.1 Å². The molecule has 0 bridgehead atoms. The number of pyridine rings is 2. The zero-order valence-corrected chi connectivity index (χ0v) is 15.6. The molecule has 7 nitrogen and oxygen atoms in total. The Morgan fingerprint density at radius 1 is 1.00 bits per heavy atom. The van der Waals surface area contributed by atoms with Gasteiger partial charge in [0.2, 0.25) is 5.88 Å². The summed E-state index contributed by atoms with van der Waals surface area (Å²) in [5.41, 5.74) is 2.93. The molecule has 1 aromatic carbocycles. The van der Waals surface area contributed by atoms with Gasteiger partial charge in [0, 0.05) is 24.0 Å². The van der Waals surface area contributed by atoms with Crippen LogP contribution in [0, 0.1) is 5.82 Å². The van der Waals surface area contributed by atoms with E-state index >= 15 is 0 Å². The topological polar surface area (TPSA) is 93.1 Å². The maximum Gasteiger partial charge on any atom is 0.212 e. The number of halogens is 1. The molecule has 29 heavy (non-hydrogen) atoms. The number of anilines is 1. The quantitative estimate of drug-likeness (QED) is 0.520. The summed E-state index contributed by atoms with van der Waals surface area (Å²) < 4.78 is 18.3. The molecule has 4 rings (SSSR count). The molecule has 3 heterocycles. The van der Waals surface area contributed by atoms with Crippen LogP contribution < -0.4 is 10.1 Å². The van der Waals surface area contributed by atoms with Gasteiger partial charge in [-0.1, -0.05) is 12.1 Å². The van der Waals surface area contributed by atoms with Crippen LogP contribution in [-0.2, 0) is 0 Å². The van der Waals surface area contributed by atoms with Crippen LogP contribution >= 0.6 is 0 Å². The molecule has 0 amide bonds. The number of benzene rings is 1. The van der Waals surface area contributed by atoms with Crippen molar-refractivity contribution in [1.29, 1.82) is 0 Å². The second kappa shape index (κ2) is 8.15. The summed E-state index contributed by atoms with van der Waals surface area (Å²) in [6.07, 6.45) is 4.73. The Hall–Kier alpha value is -3.65. The molecule has 0 radical (unpaired) electrons. The van der Waals surface area contributed by atoms with E-state index in [9.17, 15) is 9.50 Å². The number of aromatic nitrogens is 4. The molecular weight excluding hydrogens is 373 g/mol. The fraction of sp³-hybridized carbons (Fsp3) is 0.143. The van der Waals surface area contributed by atoms with Crippen molar-refractivity contribution in [3.05, 3.63) is 72.6 Å². The number of aliphatic hydroxyl groups excluding tert-OH is 1. The van der Waals surface area contributed by atoms with E-state index < -0.39 is 6.04 Å². The van der Waals surface area contributed by atoms with E-state index in [0.717, 1.165) is 16.7 Å². The molecule has 0 fully saturated rings. The third-order valence-corrected chi connectivity index (χ3v) is 4.53. The van der Waals surface area contributed by atoms with Crippen molar-refractivity contribution in [2.24, 2.45) is 0 Å². The second-order valence-electron chi connectivity index (χ2n) is 6.34. The maximum atomic E-state index is 13.2. The largest absolute Gasteiger partial charge is 0.481 e. The van der Waals surface area contributed by atoms with E-state index in [-0.39, 0.29) is 12.4 Å². The number of aliphatic hydroxyl groups is 1. The number of ether oxygens (including phenoxy) is 1. The highest BCUT2D eigenvalue weighted by molar-refractivity contribution is 5.89. The monoisotopic (exact) mass is 391 g/mol. The van der Waals surface area contributed by atoms with Crippen molar-refractivity contribution in [3.8, 4) is 17.0 Å². The highest BCUT2D eigenvalue weighted by Crippen LogP contribution is 2.28. The van der Waals surface area contributed by atoms with Gasteiger partial charge >= 0.3 is 0 Å². The first-order chi connectivity index (χ1) is 14.2. The lowest BCUT2D eigenvalue weighted by atomic mass is 10.1. The van der Waals surface area contributed by atoms with Gasteiger partial charge in [-0.05, 0) is 35.4 Å². The van der Waals surface area contributed by atoms with Crippen LogP contribution in [0.15, 0.2) is 61.2 Å². The molecule has 0 aliphatic carbocycles. The first-order valence-corrected chi connectivity index (χ1v) is 8.92. The summed E-state index contributed by atoms with van der Waals surface area (Å²) in [6, 6.07) is 11.2. The van der Waals surface area contributed by atoms with E-state index in [1.54, 1.807) is 37.7 Å². The van der Waals surface area contributed by atoms with Crippen LogP contribution in [0.2, 0.25) is 0 Å². The first-order valence-electron chi connectivity index (χ1n) is 8.92. The van der Waals surface area contributed by atoms with Crippen LogP contribution in [0.4, 0.5) is 10.2 Å². The Balaban J connectivity index is 1.70. The second-order valence-corrected chi connectivity index (χ2v) is 6.34. The highest BCUT2D eigenvalue weighted by atomic mass is 19.1. The van der Waals surface area contributed by atoms with E-state index in [0.29, 0.717) is 22.7 Å². The Morgan fingerprint density at radius 3 is 2.52 bits per heavy atom. The van der Waals surface area contributed by atoms with Crippen molar-refractivity contribution >= 4 is 16.9 Å². The van der Waals surface area contributed by atoms with E-state index in [4.69, 9.17) is 4.74 Å². The summed E-state index contributed by atoms with van der Waals surface area (Å²) in [5, 5.41) is 13.8. The summed E-state index contributed by atoms with van der Waals surface area (Å²) in [7, 11) is 1.54. The summed E-state index contributed by atoms with van der Waals surface area (Å²) >= 11 is 0. The molecule has 146 valence electrons. The lowest BCUT2D eigenvalue weighted by Crippen LogP contribution is -2.16. The SMILES string of the molecule is COc1ccc([C@@H](CO)Nc2ncnc3ncc(-c4ccc(F)cc4)cc23)cn1. The lowest BCUT2D eigenvalue weighted by Gasteiger charge is -2.18. The van der Waals surface area contributed by atoms with Crippen LogP contribution in [0.5, 0.6) is 5.88 Å². The van der Waals surface area contributed by atoms with Gasteiger partial charge in [-0.2, -0.15) is 0 Å². The smallest absolute Gasteiger partial charge is 0.212 e. The van der Waals surface area contributed by atoms with Gasteiger partial charge in [-0.15, -0.1) is 0 Å². The molecule has 1 atom stereocenters. The fourth-order valence-electron chi connectivity index (χ4n) is 2.98. The lowest BCUT2D eigenvalue weighted by molar-refractivity contribution is 0.276. The summed E-state index contributed by atoms with van der Waals surface area (Å²) in [4.78, 5) is 17.1. The fourth-order valence-corrected chi connectivity index (χ4v) is 2.98. The number of methoxy groups -OCH3 is 1. The van der Waals surface area contributed by atoms with Crippen molar-refractivity contribution in [1.82, 2.24) is 19.9 Å². The minimum absolute atomic E-state index is 0.162. The third-order valence-electron chi connectivity index (χ3n) is 4.53. The van der Waals surface area contributed by atoms with Gasteiger partial charge in [0.15, 0.2) is 5.65 Å². The van der Waals surface area contributed by atoms with Gasteiger partial charge in [-0.25, -0.2) is 24.3 Å². The number of nitrogens with one attached hydrogen (secondary N) is 1. The van der Waals surface area contributed by atoms with Crippen molar-refractivity contribution < 1.29 is 14.2 Å². The Labute approximate surface area is 166 Å². The minimum Gasteiger partial charge on any atom is -0.481 e. The van der Waals surface area contributed by atoms with Crippen molar-refractivity contribution in [2.45, 2.75) is 6.04 Å². The summed E-state index contributed by atoms with van der Waals surface area (Å²) in [5.74, 6) is 0.722. The molecular formula is C21H18FN5O2. The molecule has 3 aromatic heterocycles. The predicted octanol–water partition coefficient (Wildman–Crippen LogP) is 3.38. The molecule has 4 aromatic rings. The Bertz CT molecular complexity index is 1120. The normalized spacial score (nSPS) is 12.0. The number of nitrogens with zero attached hydrogens (tertiary/aromatic N) is 4. The third kappa shape index (κ3) is 3.97. The van der Waals surface area contributed by atoms with Gasteiger partial charge in [0.25, 0.3) is 0 Å². The minimum atomic E-state index is -0.430. The molecule has 8 heteroatoms. The number of hydrogen-bond acceptors (Lipinski definition) is 7. The molecule has 0 spiro atoms. The maximum absolute atomic E-state index is 13.2. The number of rotatable bonds is 6. The van der Waals surface area contributed by atoms with Crippen LogP contribution in [0.1, 0.15) is 11.6 Å². The highest BCUT2D eigenvalue weighted by Gasteiger charge is 2.15. The van der Waals surface area contributed by atoms with Crippen LogP contribution in [-0.4, -0.2) is 38.8 Å². The van der Waals surface area contributed by atoms with Gasteiger partial charge in [-0.3, -0.25) is 0 Å². The van der Waals surface area contributed by atoms with Gasteiger partial charge in [0.1, 0.15) is 18.0 Å². The van der Waals surface area contributed by atoms with Crippen LogP contribution in [0.25, 0.3) is 22.2 Å².